The number of carbonyl (C=O) groups excluding carboxylic acids is 2. The van der Waals surface area contributed by atoms with Crippen molar-refractivity contribution in [1.29, 1.82) is 0 Å². The van der Waals surface area contributed by atoms with Gasteiger partial charge in [-0.3, -0.25) is 9.59 Å². The fourth-order valence-electron chi connectivity index (χ4n) is 3.57. The van der Waals surface area contributed by atoms with Crippen LogP contribution in [0.2, 0.25) is 0 Å². The highest BCUT2D eigenvalue weighted by atomic mass is 32.2. The molecular weight excluding hydrogens is 410 g/mol. The fraction of sp³-hybridized carbons (Fsp3) is 0.304. The van der Waals surface area contributed by atoms with Crippen molar-refractivity contribution in [1.82, 2.24) is 19.7 Å². The largest absolute Gasteiger partial charge is 0.324 e. The summed E-state index contributed by atoms with van der Waals surface area (Å²) in [6.45, 7) is 7.93. The minimum absolute atomic E-state index is 0.172. The number of rotatable bonds is 4. The topological polar surface area (TPSA) is 80.1 Å². The molecule has 31 heavy (non-hydrogen) atoms. The van der Waals surface area contributed by atoms with Gasteiger partial charge in [-0.25, -0.2) is 9.67 Å². The van der Waals surface area contributed by atoms with Crippen LogP contribution in [0.5, 0.6) is 0 Å². The number of benzene rings is 1. The molecule has 0 saturated carbocycles. The molecule has 1 N–H and O–H groups in total. The van der Waals surface area contributed by atoms with Crippen LogP contribution in [0, 0.1) is 27.7 Å². The van der Waals surface area contributed by atoms with E-state index in [1.54, 1.807) is 39.7 Å². The van der Waals surface area contributed by atoms with Crippen molar-refractivity contribution >= 4 is 29.3 Å². The van der Waals surface area contributed by atoms with E-state index in [0.717, 1.165) is 22.6 Å². The van der Waals surface area contributed by atoms with Gasteiger partial charge in [0.15, 0.2) is 5.82 Å². The summed E-state index contributed by atoms with van der Waals surface area (Å²) in [5.74, 6) is 1.33. The van der Waals surface area contributed by atoms with Crippen molar-refractivity contribution in [3.8, 4) is 5.82 Å². The third-order valence-electron chi connectivity index (χ3n) is 5.44. The first kappa shape index (κ1) is 21.1. The number of anilines is 1. The Morgan fingerprint density at radius 3 is 2.52 bits per heavy atom. The minimum Gasteiger partial charge on any atom is -0.324 e. The van der Waals surface area contributed by atoms with Gasteiger partial charge in [0, 0.05) is 23.3 Å². The molecule has 1 aliphatic heterocycles. The fourth-order valence-corrected chi connectivity index (χ4v) is 4.72. The van der Waals surface area contributed by atoms with Crippen molar-refractivity contribution in [3.63, 3.8) is 0 Å². The molecule has 1 fully saturated rings. The van der Waals surface area contributed by atoms with E-state index in [0.29, 0.717) is 23.0 Å². The standard InChI is InChI=1S/C23H25N5O2S/c1-14-5-7-19(9-15(14)2)25-22(29)20-12-31-13-27(20)23(30)18-6-8-21(24-11-18)28-17(4)10-16(3)26-28/h5-11,20H,12-13H2,1-4H3,(H,25,29). The molecule has 8 heteroatoms. The van der Waals surface area contributed by atoms with Crippen molar-refractivity contribution in [2.24, 2.45) is 0 Å². The van der Waals surface area contributed by atoms with Gasteiger partial charge in [-0.15, -0.1) is 11.8 Å². The van der Waals surface area contributed by atoms with Crippen molar-refractivity contribution in [3.05, 3.63) is 70.7 Å². The molecule has 7 nitrogen and oxygen atoms in total. The molecule has 1 unspecified atom stereocenters. The second-order valence-corrected chi connectivity index (χ2v) is 8.82. The third kappa shape index (κ3) is 4.34. The Hall–Kier alpha value is -3.13. The van der Waals surface area contributed by atoms with Crippen molar-refractivity contribution in [2.75, 3.05) is 16.9 Å². The van der Waals surface area contributed by atoms with Crippen LogP contribution in [0.4, 0.5) is 5.69 Å². The molecule has 1 aliphatic rings. The van der Waals surface area contributed by atoms with Crippen LogP contribution in [-0.4, -0.2) is 49.2 Å². The number of hydrogen-bond acceptors (Lipinski definition) is 5. The highest BCUT2D eigenvalue weighted by molar-refractivity contribution is 7.99. The van der Waals surface area contributed by atoms with Crippen molar-refractivity contribution in [2.45, 2.75) is 33.7 Å². The van der Waals surface area contributed by atoms with Gasteiger partial charge in [-0.2, -0.15) is 5.10 Å². The number of amides is 2. The molecule has 3 heterocycles. The average Bonchev–Trinajstić information content (AvgIpc) is 3.36. The Bertz CT molecular complexity index is 1140. The summed E-state index contributed by atoms with van der Waals surface area (Å²) in [4.78, 5) is 32.0. The summed E-state index contributed by atoms with van der Waals surface area (Å²) in [6.07, 6.45) is 1.55. The van der Waals surface area contributed by atoms with Gasteiger partial charge in [0.05, 0.1) is 17.1 Å². The molecule has 2 amide bonds. The summed E-state index contributed by atoms with van der Waals surface area (Å²) >= 11 is 1.57. The van der Waals surface area contributed by atoms with Crippen molar-refractivity contribution < 1.29 is 9.59 Å². The maximum atomic E-state index is 13.1. The zero-order valence-electron chi connectivity index (χ0n) is 18.0. The predicted octanol–water partition coefficient (Wildman–Crippen LogP) is 3.65. The Labute approximate surface area is 185 Å². The minimum atomic E-state index is -0.519. The lowest BCUT2D eigenvalue weighted by atomic mass is 10.1. The van der Waals surface area contributed by atoms with E-state index in [4.69, 9.17) is 0 Å². The Morgan fingerprint density at radius 2 is 1.87 bits per heavy atom. The SMILES string of the molecule is Cc1cc(C)n(-c2ccc(C(=O)N3CSCC3C(=O)Nc3ccc(C)c(C)c3)cn2)n1. The summed E-state index contributed by atoms with van der Waals surface area (Å²) in [7, 11) is 0. The molecule has 3 aromatic rings. The van der Waals surface area contributed by atoms with Crippen LogP contribution in [0.1, 0.15) is 32.9 Å². The second kappa shape index (κ2) is 8.55. The molecule has 4 rings (SSSR count). The molecule has 0 spiro atoms. The Morgan fingerprint density at radius 1 is 1.06 bits per heavy atom. The Kier molecular flexibility index (Phi) is 5.82. The van der Waals surface area contributed by atoms with Gasteiger partial charge in [-0.05, 0) is 69.2 Å². The zero-order valence-corrected chi connectivity index (χ0v) is 18.9. The summed E-state index contributed by atoms with van der Waals surface area (Å²) < 4.78 is 1.75. The maximum absolute atomic E-state index is 13.1. The number of nitrogens with one attached hydrogen (secondary N) is 1. The van der Waals surface area contributed by atoms with Crippen LogP contribution in [0.25, 0.3) is 5.82 Å². The maximum Gasteiger partial charge on any atom is 0.256 e. The first-order chi connectivity index (χ1) is 14.8. The molecule has 1 saturated heterocycles. The molecule has 0 aliphatic carbocycles. The van der Waals surface area contributed by atoms with Crippen LogP contribution < -0.4 is 5.32 Å². The van der Waals surface area contributed by atoms with E-state index in [1.165, 1.54) is 5.56 Å². The number of aryl methyl sites for hydroxylation is 4. The Balaban J connectivity index is 1.49. The lowest BCUT2D eigenvalue weighted by molar-refractivity contribution is -0.119. The summed E-state index contributed by atoms with van der Waals surface area (Å²) in [5, 5.41) is 7.38. The normalized spacial score (nSPS) is 15.9. The molecule has 1 aromatic carbocycles. The van der Waals surface area contributed by atoms with E-state index in [9.17, 15) is 9.59 Å². The van der Waals surface area contributed by atoms with Gasteiger partial charge >= 0.3 is 0 Å². The van der Waals surface area contributed by atoms with E-state index in [1.807, 2.05) is 52.0 Å². The van der Waals surface area contributed by atoms with Crippen LogP contribution in [-0.2, 0) is 4.79 Å². The average molecular weight is 436 g/mol. The molecule has 0 bridgehead atoms. The first-order valence-corrected chi connectivity index (χ1v) is 11.3. The summed E-state index contributed by atoms with van der Waals surface area (Å²) in [5.41, 5.74) is 5.36. The lowest BCUT2D eigenvalue weighted by Crippen LogP contribution is -2.44. The zero-order chi connectivity index (χ0) is 22.1. The smallest absolute Gasteiger partial charge is 0.256 e. The monoisotopic (exact) mass is 435 g/mol. The van der Waals surface area contributed by atoms with E-state index >= 15 is 0 Å². The third-order valence-corrected chi connectivity index (χ3v) is 6.45. The van der Waals surface area contributed by atoms with Gasteiger partial charge in [0.1, 0.15) is 6.04 Å². The quantitative estimate of drug-likeness (QED) is 0.677. The highest BCUT2D eigenvalue weighted by Gasteiger charge is 2.35. The van der Waals surface area contributed by atoms with E-state index < -0.39 is 6.04 Å². The summed E-state index contributed by atoms with van der Waals surface area (Å²) in [6, 6.07) is 10.8. The van der Waals surface area contributed by atoms with Crippen LogP contribution in [0.15, 0.2) is 42.6 Å². The number of thioether (sulfide) groups is 1. The van der Waals surface area contributed by atoms with Gasteiger partial charge in [0.25, 0.3) is 5.91 Å². The van der Waals surface area contributed by atoms with Gasteiger partial charge in [-0.1, -0.05) is 6.07 Å². The second-order valence-electron chi connectivity index (χ2n) is 7.82. The molecule has 0 radical (unpaired) electrons. The van der Waals surface area contributed by atoms with Gasteiger partial charge in [0.2, 0.25) is 5.91 Å². The molecule has 1 atom stereocenters. The number of carbonyl (C=O) groups is 2. The van der Waals surface area contributed by atoms with Crippen LogP contribution >= 0.6 is 11.8 Å². The molecule has 2 aromatic heterocycles. The number of hydrogen-bond donors (Lipinski definition) is 1. The lowest BCUT2D eigenvalue weighted by Gasteiger charge is -2.23. The first-order valence-electron chi connectivity index (χ1n) is 10.1. The number of aromatic nitrogens is 3. The molecular formula is C23H25N5O2S. The predicted molar refractivity (Wildman–Crippen MR) is 123 cm³/mol. The number of pyridine rings is 1. The number of nitrogens with zero attached hydrogens (tertiary/aromatic N) is 4. The van der Waals surface area contributed by atoms with E-state index in [2.05, 4.69) is 15.4 Å². The molecule has 160 valence electrons. The highest BCUT2D eigenvalue weighted by Crippen LogP contribution is 2.25. The van der Waals surface area contributed by atoms with Crippen LogP contribution in [0.3, 0.4) is 0 Å². The van der Waals surface area contributed by atoms with Gasteiger partial charge < -0.3 is 10.2 Å². The van der Waals surface area contributed by atoms with E-state index in [-0.39, 0.29) is 11.8 Å².